The highest BCUT2D eigenvalue weighted by Gasteiger charge is 2.37. The smallest absolute Gasteiger partial charge is 0.475 e. The quantitative estimate of drug-likeness (QED) is 0.0489. The van der Waals surface area contributed by atoms with Crippen molar-refractivity contribution >= 4 is 42.0 Å². The Morgan fingerprint density at radius 2 is 1.75 bits per heavy atom. The van der Waals surface area contributed by atoms with Gasteiger partial charge in [0.1, 0.15) is 12.1 Å². The summed E-state index contributed by atoms with van der Waals surface area (Å²) in [7, 11) is -2.30. The van der Waals surface area contributed by atoms with Crippen LogP contribution in [-0.4, -0.2) is 82.1 Å². The third-order valence-electron chi connectivity index (χ3n) is 7.07. The maximum Gasteiger partial charge on any atom is 0.475 e. The number of ether oxygens (including phenoxy) is 2. The summed E-state index contributed by atoms with van der Waals surface area (Å²) in [6.07, 6.45) is 3.66. The number of amides is 1. The number of fused-ring (bicyclic) bond motifs is 1. The number of benzene rings is 2. The lowest BCUT2D eigenvalue weighted by atomic mass is 10.2. The van der Waals surface area contributed by atoms with Crippen molar-refractivity contribution in [3.05, 3.63) is 72.7 Å². The zero-order valence-corrected chi connectivity index (χ0v) is 32.0. The molecule has 0 unspecified atom stereocenters. The van der Waals surface area contributed by atoms with Gasteiger partial charge in [0.15, 0.2) is 29.0 Å². The second-order valence-corrected chi connectivity index (χ2v) is 15.5. The molecule has 0 radical (unpaired) electrons. The number of methoxy groups -OCH3 is 1. The summed E-state index contributed by atoms with van der Waals surface area (Å²) in [5.74, 6) is -1.00. The minimum Gasteiger partial charge on any atom is -0.493 e. The van der Waals surface area contributed by atoms with Gasteiger partial charge in [0.05, 0.1) is 49.2 Å². The molecule has 17 heteroatoms. The van der Waals surface area contributed by atoms with Crippen LogP contribution in [0.5, 0.6) is 11.5 Å². The Hall–Kier alpha value is -4.47. The number of halogens is 2. The van der Waals surface area contributed by atoms with Crippen molar-refractivity contribution in [1.29, 1.82) is 0 Å². The minimum absolute atomic E-state index is 0.124. The van der Waals surface area contributed by atoms with Crippen molar-refractivity contribution in [3.63, 3.8) is 0 Å². The molecule has 0 aliphatic heterocycles. The van der Waals surface area contributed by atoms with Crippen LogP contribution in [0.15, 0.2) is 55.4 Å². The van der Waals surface area contributed by atoms with Crippen molar-refractivity contribution in [3.8, 4) is 11.5 Å². The molecular weight excluding hydrogens is 711 g/mol. The predicted molar refractivity (Wildman–Crippen MR) is 199 cm³/mol. The molecule has 0 aliphatic rings. The van der Waals surface area contributed by atoms with Crippen LogP contribution >= 0.6 is 7.82 Å². The Labute approximate surface area is 308 Å². The highest BCUT2D eigenvalue weighted by molar-refractivity contribution is 7.48. The molecule has 0 saturated heterocycles. The largest absolute Gasteiger partial charge is 0.493 e. The van der Waals surface area contributed by atoms with E-state index in [0.29, 0.717) is 72.4 Å². The molecule has 0 bridgehead atoms. The molecule has 2 heterocycles. The average molecular weight is 760 g/mol. The first kappa shape index (κ1) is 41.3. The van der Waals surface area contributed by atoms with Gasteiger partial charge in [0.2, 0.25) is 5.91 Å². The molecule has 3 N–H and O–H groups in total. The van der Waals surface area contributed by atoms with Crippen LogP contribution in [0.1, 0.15) is 53.7 Å². The molecule has 14 nitrogen and oxygen atoms in total. The van der Waals surface area contributed by atoms with Gasteiger partial charge in [0, 0.05) is 42.8 Å². The number of carbonyl (C=O) groups is 1. The maximum absolute atomic E-state index is 14.0. The number of rotatable bonds is 19. The van der Waals surface area contributed by atoms with E-state index in [-0.39, 0.29) is 18.7 Å². The van der Waals surface area contributed by atoms with E-state index in [0.717, 1.165) is 6.07 Å². The topological polar surface area (TPSA) is 162 Å². The summed E-state index contributed by atoms with van der Waals surface area (Å²) in [6.45, 7) is 16.8. The van der Waals surface area contributed by atoms with E-state index in [1.807, 2.05) is 0 Å². The van der Waals surface area contributed by atoms with Crippen molar-refractivity contribution in [1.82, 2.24) is 25.1 Å². The van der Waals surface area contributed by atoms with Crippen LogP contribution in [0.2, 0.25) is 0 Å². The van der Waals surface area contributed by atoms with Gasteiger partial charge in [-0.3, -0.25) is 28.4 Å². The summed E-state index contributed by atoms with van der Waals surface area (Å²) in [6, 6.07) is 8.65. The number of phosphoric acid groups is 1. The average Bonchev–Trinajstić information content (AvgIpc) is 3.49. The van der Waals surface area contributed by atoms with E-state index in [1.165, 1.54) is 25.6 Å². The number of hydrogen-bond donors (Lipinski definition) is 3. The van der Waals surface area contributed by atoms with E-state index in [2.05, 4.69) is 42.3 Å². The third-order valence-corrected chi connectivity index (χ3v) is 9.11. The number of phosphoric ester groups is 1. The zero-order valence-electron chi connectivity index (χ0n) is 31.1. The van der Waals surface area contributed by atoms with Crippen molar-refractivity contribution in [2.45, 2.75) is 65.6 Å². The van der Waals surface area contributed by atoms with Gasteiger partial charge < -0.3 is 20.1 Å². The highest BCUT2D eigenvalue weighted by Crippen LogP contribution is 2.55. The lowest BCUT2D eigenvalue weighted by molar-refractivity contribution is -0.115. The molecule has 0 spiro atoms. The Kier molecular flexibility index (Phi) is 14.1. The first-order valence-corrected chi connectivity index (χ1v) is 18.4. The van der Waals surface area contributed by atoms with E-state index >= 15 is 0 Å². The van der Waals surface area contributed by atoms with Crippen molar-refractivity contribution in [2.24, 2.45) is 0 Å². The van der Waals surface area contributed by atoms with Gasteiger partial charge in [-0.2, -0.15) is 5.10 Å². The fourth-order valence-electron chi connectivity index (χ4n) is 5.01. The maximum atomic E-state index is 14.0. The standard InChI is InChI=1S/C36H48F2N7O7P/c1-9-14-45(16-18-50-53(47,51-35(2,3)4)52-36(5,6)7)15-11-17-49-30-22-28-25(21-29(30)48-8)34(40-23-39-28)42-31-19-24(43-44-31)20-32(46)41-27-13-10-12-26(37)33(27)38/h9-10,12-13,19,21-23H,1,11,14-18,20H2,2-8H3,(H,41,46)(H2,39,40,42,43,44). The Bertz CT molecular complexity index is 1890. The number of H-pyrrole nitrogens is 1. The third kappa shape index (κ3) is 12.9. The van der Waals surface area contributed by atoms with Gasteiger partial charge in [-0.15, -0.1) is 6.58 Å². The first-order chi connectivity index (χ1) is 25.0. The summed E-state index contributed by atoms with van der Waals surface area (Å²) in [5.41, 5.74) is -0.699. The fourth-order valence-corrected chi connectivity index (χ4v) is 6.80. The molecule has 2 aromatic heterocycles. The van der Waals surface area contributed by atoms with Crippen LogP contribution in [0.25, 0.3) is 10.9 Å². The summed E-state index contributed by atoms with van der Waals surface area (Å²) in [5, 5.41) is 13.0. The molecule has 4 rings (SSSR count). The Morgan fingerprint density at radius 3 is 2.43 bits per heavy atom. The summed E-state index contributed by atoms with van der Waals surface area (Å²) in [4.78, 5) is 23.3. The molecule has 0 aliphatic carbocycles. The molecule has 4 aromatic rings. The number of aromatic nitrogens is 4. The van der Waals surface area contributed by atoms with Crippen molar-refractivity contribution in [2.75, 3.05) is 50.6 Å². The number of hydrogen-bond acceptors (Lipinski definition) is 12. The van der Waals surface area contributed by atoms with Crippen LogP contribution in [0, 0.1) is 11.6 Å². The molecule has 1 amide bonds. The van der Waals surface area contributed by atoms with Crippen LogP contribution < -0.4 is 20.1 Å². The van der Waals surface area contributed by atoms with E-state index in [4.69, 9.17) is 23.0 Å². The molecule has 2 aromatic carbocycles. The molecular formula is C36H48F2N7O7P. The molecule has 0 saturated carbocycles. The molecule has 0 fully saturated rings. The number of anilines is 3. The second kappa shape index (κ2) is 18.0. The zero-order chi connectivity index (χ0) is 38.8. The predicted octanol–water partition coefficient (Wildman–Crippen LogP) is 7.58. The van der Waals surface area contributed by atoms with Crippen LogP contribution in [-0.2, 0) is 29.4 Å². The molecule has 53 heavy (non-hydrogen) atoms. The Balaban J connectivity index is 1.34. The van der Waals surface area contributed by atoms with E-state index < -0.39 is 36.6 Å². The number of aromatic amines is 1. The SMILES string of the molecule is C=CCN(CCCOc1cc2ncnc(Nc3cc(CC(=O)Nc4cccc(F)c4F)[nH]n3)c2cc1OC)CCOP(=O)(OC(C)(C)C)OC(C)(C)C. The Morgan fingerprint density at radius 1 is 1.02 bits per heavy atom. The first-order valence-electron chi connectivity index (χ1n) is 17.0. The lowest BCUT2D eigenvalue weighted by Crippen LogP contribution is -2.31. The number of carbonyl (C=O) groups excluding carboxylic acids is 1. The second-order valence-electron chi connectivity index (χ2n) is 14.0. The van der Waals surface area contributed by atoms with Gasteiger partial charge in [-0.25, -0.2) is 23.3 Å². The van der Waals surface area contributed by atoms with Crippen LogP contribution in [0.3, 0.4) is 0 Å². The van der Waals surface area contributed by atoms with Gasteiger partial charge in [0.25, 0.3) is 0 Å². The van der Waals surface area contributed by atoms with Crippen molar-refractivity contribution < 1.29 is 41.2 Å². The fraction of sp³-hybridized carbons (Fsp3) is 0.444. The van der Waals surface area contributed by atoms with Gasteiger partial charge in [-0.1, -0.05) is 12.1 Å². The minimum atomic E-state index is -3.83. The van der Waals surface area contributed by atoms with Crippen LogP contribution in [0.4, 0.5) is 26.1 Å². The summed E-state index contributed by atoms with van der Waals surface area (Å²) >= 11 is 0. The molecule has 0 atom stereocenters. The number of nitrogens with zero attached hydrogens (tertiary/aromatic N) is 4. The van der Waals surface area contributed by atoms with E-state index in [9.17, 15) is 18.1 Å². The van der Waals surface area contributed by atoms with E-state index in [1.54, 1.807) is 65.8 Å². The monoisotopic (exact) mass is 759 g/mol. The highest BCUT2D eigenvalue weighted by atomic mass is 31.2. The van der Waals surface area contributed by atoms with Gasteiger partial charge in [-0.05, 0) is 66.2 Å². The molecule has 288 valence electrons. The normalized spacial score (nSPS) is 12.3. The lowest BCUT2D eigenvalue weighted by Gasteiger charge is -2.31. The van der Waals surface area contributed by atoms with Gasteiger partial charge >= 0.3 is 7.82 Å². The summed E-state index contributed by atoms with van der Waals surface area (Å²) < 4.78 is 69.7. The number of nitrogens with one attached hydrogen (secondary N) is 3.